The fourth-order valence-corrected chi connectivity index (χ4v) is 5.32. The number of aromatic amines is 1. The minimum Gasteiger partial charge on any atom is -0.356 e. The molecule has 2 atom stereocenters. The zero-order valence-electron chi connectivity index (χ0n) is 19.6. The lowest BCUT2D eigenvalue weighted by Crippen LogP contribution is -2.43. The number of piperidine rings is 2. The van der Waals surface area contributed by atoms with E-state index in [9.17, 15) is 9.59 Å². The predicted octanol–water partition coefficient (Wildman–Crippen LogP) is 4.04. The van der Waals surface area contributed by atoms with Gasteiger partial charge in [-0.3, -0.25) is 9.59 Å². The van der Waals surface area contributed by atoms with Gasteiger partial charge in [0.2, 0.25) is 5.91 Å². The second-order valence-corrected chi connectivity index (χ2v) is 9.71. The van der Waals surface area contributed by atoms with Crippen molar-refractivity contribution in [2.75, 3.05) is 32.7 Å². The minimum absolute atomic E-state index is 0.00534. The van der Waals surface area contributed by atoms with Crippen molar-refractivity contribution in [3.8, 4) is 0 Å². The molecule has 2 aromatic rings. The molecular weight excluding hydrogens is 400 g/mol. The van der Waals surface area contributed by atoms with Crippen LogP contribution in [0.3, 0.4) is 0 Å². The molecule has 0 saturated carbocycles. The summed E-state index contributed by atoms with van der Waals surface area (Å²) in [6, 6.07) is 10.6. The Kier molecular flexibility index (Phi) is 7.51. The van der Waals surface area contributed by atoms with E-state index in [-0.39, 0.29) is 17.7 Å². The Labute approximate surface area is 191 Å². The Hall–Kier alpha value is -2.34. The van der Waals surface area contributed by atoms with E-state index in [1.54, 1.807) is 0 Å². The molecule has 2 saturated heterocycles. The van der Waals surface area contributed by atoms with Gasteiger partial charge in [0.15, 0.2) is 0 Å². The van der Waals surface area contributed by atoms with Gasteiger partial charge >= 0.3 is 0 Å². The average molecular weight is 439 g/mol. The number of fused-ring (bicyclic) bond motifs is 1. The first-order valence-corrected chi connectivity index (χ1v) is 12.4. The minimum atomic E-state index is -0.00534. The van der Waals surface area contributed by atoms with Crippen LogP contribution in [0.1, 0.15) is 62.9 Å². The Bertz CT molecular complexity index is 882. The summed E-state index contributed by atoms with van der Waals surface area (Å²) in [6.45, 7) is 8.80. The highest BCUT2D eigenvalue weighted by atomic mass is 16.2. The van der Waals surface area contributed by atoms with E-state index in [0.29, 0.717) is 30.7 Å². The van der Waals surface area contributed by atoms with Crippen molar-refractivity contribution in [3.63, 3.8) is 0 Å². The zero-order valence-corrected chi connectivity index (χ0v) is 19.6. The Morgan fingerprint density at radius 1 is 1.12 bits per heavy atom. The van der Waals surface area contributed by atoms with Crippen LogP contribution in [0.4, 0.5) is 0 Å². The second kappa shape index (κ2) is 10.5. The van der Waals surface area contributed by atoms with E-state index < -0.39 is 0 Å². The number of aromatic nitrogens is 1. The summed E-state index contributed by atoms with van der Waals surface area (Å²) < 4.78 is 0. The summed E-state index contributed by atoms with van der Waals surface area (Å²) in [5, 5.41) is 4.22. The van der Waals surface area contributed by atoms with Crippen LogP contribution in [0, 0.1) is 11.8 Å². The Balaban J connectivity index is 1.19. The summed E-state index contributed by atoms with van der Waals surface area (Å²) in [4.78, 5) is 33.3. The van der Waals surface area contributed by atoms with Gasteiger partial charge in [-0.25, -0.2) is 0 Å². The van der Waals surface area contributed by atoms with Gasteiger partial charge in [0, 0.05) is 49.0 Å². The number of carbonyl (C=O) groups is 2. The molecule has 32 heavy (non-hydrogen) atoms. The van der Waals surface area contributed by atoms with Gasteiger partial charge in [-0.1, -0.05) is 31.5 Å². The highest BCUT2D eigenvalue weighted by Crippen LogP contribution is 2.26. The van der Waals surface area contributed by atoms with Gasteiger partial charge in [-0.05, 0) is 63.6 Å². The molecule has 2 aliphatic rings. The van der Waals surface area contributed by atoms with Crippen LogP contribution in [-0.2, 0) is 4.79 Å². The second-order valence-electron chi connectivity index (χ2n) is 9.71. The normalized spacial score (nSPS) is 21.6. The molecule has 6 heteroatoms. The molecule has 0 unspecified atom stereocenters. The van der Waals surface area contributed by atoms with E-state index in [4.69, 9.17) is 0 Å². The molecule has 174 valence electrons. The van der Waals surface area contributed by atoms with E-state index in [1.165, 1.54) is 25.8 Å². The summed E-state index contributed by atoms with van der Waals surface area (Å²) >= 11 is 0. The molecule has 0 aliphatic carbocycles. The SMILES string of the molecule is C[C@@H]1CCCCN1CCCNC(=O)[C@H](C)C1CCN(C(=O)c2cc3ccccc3[nH]2)CC1. The largest absolute Gasteiger partial charge is 0.356 e. The highest BCUT2D eigenvalue weighted by Gasteiger charge is 2.30. The first-order valence-electron chi connectivity index (χ1n) is 12.4. The monoisotopic (exact) mass is 438 g/mol. The highest BCUT2D eigenvalue weighted by molar-refractivity contribution is 5.98. The van der Waals surface area contributed by atoms with E-state index in [2.05, 4.69) is 22.1 Å². The lowest BCUT2D eigenvalue weighted by molar-refractivity contribution is -0.126. The van der Waals surface area contributed by atoms with Gasteiger partial charge in [0.25, 0.3) is 5.91 Å². The number of rotatable bonds is 7. The van der Waals surface area contributed by atoms with E-state index in [0.717, 1.165) is 43.3 Å². The maximum atomic E-state index is 12.9. The number of nitrogens with zero attached hydrogens (tertiary/aromatic N) is 2. The predicted molar refractivity (Wildman–Crippen MR) is 129 cm³/mol. The molecular formula is C26H38N4O2. The molecule has 0 spiro atoms. The molecule has 2 N–H and O–H groups in total. The quantitative estimate of drug-likeness (QED) is 0.641. The third kappa shape index (κ3) is 5.34. The van der Waals surface area contributed by atoms with Crippen LogP contribution in [0.5, 0.6) is 0 Å². The molecule has 4 rings (SSSR count). The molecule has 1 aromatic carbocycles. The number of carbonyl (C=O) groups excluding carboxylic acids is 2. The van der Waals surface area contributed by atoms with Crippen molar-refractivity contribution in [2.24, 2.45) is 11.8 Å². The maximum absolute atomic E-state index is 12.9. The smallest absolute Gasteiger partial charge is 0.270 e. The molecule has 0 radical (unpaired) electrons. The summed E-state index contributed by atoms with van der Waals surface area (Å²) in [7, 11) is 0. The van der Waals surface area contributed by atoms with Crippen LogP contribution in [0.25, 0.3) is 10.9 Å². The van der Waals surface area contributed by atoms with Gasteiger partial charge in [0.1, 0.15) is 5.69 Å². The summed E-state index contributed by atoms with van der Waals surface area (Å²) in [5.74, 6) is 0.555. The van der Waals surface area contributed by atoms with Crippen molar-refractivity contribution < 1.29 is 9.59 Å². The third-order valence-electron chi connectivity index (χ3n) is 7.57. The maximum Gasteiger partial charge on any atom is 0.270 e. The van der Waals surface area contributed by atoms with Crippen LogP contribution in [-0.4, -0.2) is 65.4 Å². The fraction of sp³-hybridized carbons (Fsp3) is 0.615. The lowest BCUT2D eigenvalue weighted by Gasteiger charge is -2.34. The summed E-state index contributed by atoms with van der Waals surface area (Å²) in [6.07, 6.45) is 6.72. The lowest BCUT2D eigenvalue weighted by atomic mass is 9.84. The summed E-state index contributed by atoms with van der Waals surface area (Å²) in [5.41, 5.74) is 1.64. The third-order valence-corrected chi connectivity index (χ3v) is 7.57. The molecule has 1 aromatic heterocycles. The van der Waals surface area contributed by atoms with Gasteiger partial charge in [-0.2, -0.15) is 0 Å². The van der Waals surface area contributed by atoms with Crippen molar-refractivity contribution in [1.82, 2.24) is 20.1 Å². The number of likely N-dealkylation sites (tertiary alicyclic amines) is 2. The Morgan fingerprint density at radius 2 is 1.91 bits per heavy atom. The van der Waals surface area contributed by atoms with Gasteiger partial charge in [0.05, 0.1) is 0 Å². The van der Waals surface area contributed by atoms with E-state index >= 15 is 0 Å². The molecule has 0 bridgehead atoms. The van der Waals surface area contributed by atoms with Gasteiger partial charge < -0.3 is 20.1 Å². The zero-order chi connectivity index (χ0) is 22.5. The van der Waals surface area contributed by atoms with Crippen LogP contribution in [0.2, 0.25) is 0 Å². The van der Waals surface area contributed by atoms with Crippen molar-refractivity contribution >= 4 is 22.7 Å². The van der Waals surface area contributed by atoms with Crippen LogP contribution >= 0.6 is 0 Å². The number of benzene rings is 1. The van der Waals surface area contributed by atoms with Crippen molar-refractivity contribution in [3.05, 3.63) is 36.0 Å². The fourth-order valence-electron chi connectivity index (χ4n) is 5.32. The first kappa shape index (κ1) is 22.8. The molecule has 6 nitrogen and oxygen atoms in total. The van der Waals surface area contributed by atoms with Crippen molar-refractivity contribution in [2.45, 2.75) is 58.4 Å². The molecule has 2 aliphatic heterocycles. The average Bonchev–Trinajstić information content (AvgIpc) is 3.26. The number of hydrogen-bond donors (Lipinski definition) is 2. The number of amides is 2. The number of para-hydroxylation sites is 1. The Morgan fingerprint density at radius 3 is 2.66 bits per heavy atom. The standard InChI is InChI=1S/C26H38N4O2/c1-19-8-5-6-14-29(19)15-7-13-27-25(31)20(2)21-11-16-30(17-12-21)26(32)24-18-22-9-3-4-10-23(22)28-24/h3-4,9-10,18-21,28H,5-8,11-17H2,1-2H3,(H,27,31)/t19-,20-/m1/s1. The molecule has 2 fully saturated rings. The number of nitrogens with one attached hydrogen (secondary N) is 2. The molecule has 3 heterocycles. The van der Waals surface area contributed by atoms with Crippen molar-refractivity contribution in [1.29, 1.82) is 0 Å². The van der Waals surface area contributed by atoms with Gasteiger partial charge in [-0.15, -0.1) is 0 Å². The number of hydrogen-bond acceptors (Lipinski definition) is 3. The number of H-pyrrole nitrogens is 1. The van der Waals surface area contributed by atoms with Crippen LogP contribution < -0.4 is 5.32 Å². The first-order chi connectivity index (χ1) is 15.5. The van der Waals surface area contributed by atoms with Crippen LogP contribution in [0.15, 0.2) is 30.3 Å². The van der Waals surface area contributed by atoms with E-state index in [1.807, 2.05) is 42.2 Å². The topological polar surface area (TPSA) is 68.4 Å². The molecule has 2 amide bonds.